The Morgan fingerprint density at radius 2 is 2.13 bits per heavy atom. The van der Waals surface area contributed by atoms with Gasteiger partial charge in [-0.05, 0) is 17.7 Å². The fourth-order valence-corrected chi connectivity index (χ4v) is 2.22. The summed E-state index contributed by atoms with van der Waals surface area (Å²) in [4.78, 5) is 33.0. The van der Waals surface area contributed by atoms with Crippen LogP contribution in [0.15, 0.2) is 41.7 Å². The molecule has 0 aliphatic rings. The van der Waals surface area contributed by atoms with E-state index < -0.39 is 0 Å². The molecule has 0 fully saturated rings. The van der Waals surface area contributed by atoms with Crippen LogP contribution < -0.4 is 10.5 Å². The van der Waals surface area contributed by atoms with Gasteiger partial charge in [-0.25, -0.2) is 4.98 Å². The number of aliphatic imine (C=N–C) groups is 1. The normalized spacial score (nSPS) is 10.8. The van der Waals surface area contributed by atoms with Gasteiger partial charge >= 0.3 is 5.97 Å². The second-order valence-electron chi connectivity index (χ2n) is 5.55. The average Bonchev–Trinajstić information content (AvgIpc) is 2.79. The van der Waals surface area contributed by atoms with E-state index in [2.05, 4.69) is 19.7 Å². The molecule has 2 aromatic rings. The van der Waals surface area contributed by atoms with Crippen LogP contribution in [-0.2, 0) is 15.4 Å². The summed E-state index contributed by atoms with van der Waals surface area (Å²) in [5, 5.41) is 8.98. The second-order valence-corrected chi connectivity index (χ2v) is 5.82. The highest BCUT2D eigenvalue weighted by Gasteiger charge is 2.04. The van der Waals surface area contributed by atoms with Gasteiger partial charge in [0.15, 0.2) is 6.29 Å². The molecule has 0 aliphatic carbocycles. The molecule has 0 bridgehead atoms. The lowest BCUT2D eigenvalue weighted by molar-refractivity contribution is -0.140. The van der Waals surface area contributed by atoms with E-state index in [1.165, 1.54) is 26.5 Å². The molecular weight excluding hydrogens is 412 g/mol. The Morgan fingerprint density at radius 1 is 1.37 bits per heavy atom. The molecule has 2 rings (SSSR count). The van der Waals surface area contributed by atoms with E-state index in [1.54, 1.807) is 24.6 Å². The topological polar surface area (TPSA) is 137 Å². The Morgan fingerprint density at radius 3 is 2.77 bits per heavy atom. The Hall–Kier alpha value is -3.46. The first kappa shape index (κ1) is 24.6. The first-order chi connectivity index (χ1) is 14.5. The molecule has 9 nitrogen and oxygen atoms in total. The van der Waals surface area contributed by atoms with Crippen molar-refractivity contribution in [2.75, 3.05) is 20.8 Å². The van der Waals surface area contributed by atoms with Gasteiger partial charge in [0.2, 0.25) is 5.88 Å². The van der Waals surface area contributed by atoms with Crippen LogP contribution in [0.1, 0.15) is 28.0 Å². The molecule has 0 saturated heterocycles. The minimum atomic E-state index is -0.289. The van der Waals surface area contributed by atoms with Crippen LogP contribution in [0.3, 0.4) is 0 Å². The van der Waals surface area contributed by atoms with Crippen LogP contribution in [0.25, 0.3) is 5.70 Å². The van der Waals surface area contributed by atoms with Crippen LogP contribution in [0.5, 0.6) is 11.6 Å². The van der Waals surface area contributed by atoms with Crippen molar-refractivity contribution in [2.24, 2.45) is 10.7 Å². The number of methoxy groups -OCH3 is 2. The lowest BCUT2D eigenvalue weighted by Crippen LogP contribution is -2.03. The molecule has 0 radical (unpaired) electrons. The molecule has 0 amide bonds. The van der Waals surface area contributed by atoms with Gasteiger partial charge in [-0.2, -0.15) is 0 Å². The molecule has 160 valence electrons. The van der Waals surface area contributed by atoms with E-state index in [0.717, 1.165) is 5.56 Å². The molecule has 10 heteroatoms. The predicted octanol–water partition coefficient (Wildman–Crippen LogP) is 2.36. The number of halogens is 1. The SMILES string of the molecule is COC(=O)CCN=C/C=C(\N)c1ncccc1CCl.COc1cc(C=O)c(O)cn1. The van der Waals surface area contributed by atoms with Gasteiger partial charge in [0.25, 0.3) is 0 Å². The summed E-state index contributed by atoms with van der Waals surface area (Å²) in [7, 11) is 2.78. The van der Waals surface area contributed by atoms with Gasteiger partial charge in [0.1, 0.15) is 5.75 Å². The van der Waals surface area contributed by atoms with Crippen molar-refractivity contribution in [2.45, 2.75) is 12.3 Å². The van der Waals surface area contributed by atoms with Crippen molar-refractivity contribution in [1.82, 2.24) is 9.97 Å². The number of nitrogens with zero attached hydrogens (tertiary/aromatic N) is 3. The molecule has 3 N–H and O–H groups in total. The summed E-state index contributed by atoms with van der Waals surface area (Å²) < 4.78 is 9.23. The van der Waals surface area contributed by atoms with Crippen molar-refractivity contribution in [1.29, 1.82) is 0 Å². The number of aromatic nitrogens is 2. The maximum absolute atomic E-state index is 10.9. The van der Waals surface area contributed by atoms with Crippen LogP contribution in [0.4, 0.5) is 0 Å². The number of rotatable bonds is 8. The molecule has 0 aromatic carbocycles. The molecular formula is C20H23ClN4O5. The van der Waals surface area contributed by atoms with Crippen molar-refractivity contribution in [3.8, 4) is 11.6 Å². The van der Waals surface area contributed by atoms with Crippen molar-refractivity contribution in [3.05, 3.63) is 53.5 Å². The van der Waals surface area contributed by atoms with E-state index in [1.807, 2.05) is 6.07 Å². The van der Waals surface area contributed by atoms with Gasteiger partial charge in [-0.1, -0.05) is 6.07 Å². The van der Waals surface area contributed by atoms with Crippen LogP contribution in [-0.4, -0.2) is 54.3 Å². The van der Waals surface area contributed by atoms with Gasteiger partial charge < -0.3 is 20.3 Å². The lowest BCUT2D eigenvalue weighted by Gasteiger charge is -2.04. The number of alkyl halides is 1. The number of esters is 1. The number of hydrogen-bond acceptors (Lipinski definition) is 9. The summed E-state index contributed by atoms with van der Waals surface area (Å²) in [6.45, 7) is 0.362. The zero-order valence-corrected chi connectivity index (χ0v) is 17.4. The third-order valence-corrected chi connectivity index (χ3v) is 3.85. The van der Waals surface area contributed by atoms with Crippen LogP contribution in [0.2, 0.25) is 0 Å². The van der Waals surface area contributed by atoms with Crippen molar-refractivity contribution in [3.63, 3.8) is 0 Å². The Labute approximate surface area is 179 Å². The number of aldehydes is 1. The first-order valence-corrected chi connectivity index (χ1v) is 9.21. The number of hydrogen-bond donors (Lipinski definition) is 2. The number of ether oxygens (including phenoxy) is 2. The molecule has 0 aliphatic heterocycles. The highest BCUT2D eigenvalue weighted by atomic mass is 35.5. The van der Waals surface area contributed by atoms with Crippen LogP contribution in [0, 0.1) is 0 Å². The highest BCUT2D eigenvalue weighted by molar-refractivity contribution is 6.17. The summed E-state index contributed by atoms with van der Waals surface area (Å²) in [5.41, 5.74) is 8.07. The van der Waals surface area contributed by atoms with Gasteiger partial charge in [0, 0.05) is 30.9 Å². The summed E-state index contributed by atoms with van der Waals surface area (Å²) in [5.74, 6) is 0.228. The van der Waals surface area contributed by atoms with E-state index in [-0.39, 0.29) is 23.7 Å². The third-order valence-electron chi connectivity index (χ3n) is 3.57. The maximum Gasteiger partial charge on any atom is 0.307 e. The molecule has 0 saturated carbocycles. The highest BCUT2D eigenvalue weighted by Crippen LogP contribution is 2.17. The van der Waals surface area contributed by atoms with Gasteiger partial charge in [-0.15, -0.1) is 11.6 Å². The van der Waals surface area contributed by atoms with Gasteiger partial charge in [0.05, 0.1) is 43.8 Å². The lowest BCUT2D eigenvalue weighted by atomic mass is 10.1. The molecule has 0 atom stereocenters. The zero-order chi connectivity index (χ0) is 22.4. The van der Waals surface area contributed by atoms with E-state index >= 15 is 0 Å². The fraction of sp³-hybridized carbons (Fsp3) is 0.250. The largest absolute Gasteiger partial charge is 0.506 e. The standard InChI is InChI=1S/C13H16ClN3O2.C7H7NO3/c1-19-12(18)5-8-16-7-4-11(15)13-10(9-14)3-2-6-17-13;1-11-7-2-5(4-9)6(10)3-8-7/h2-4,6-7H,5,8-9,15H2,1H3;2-4,10H,1H3/b11-4-,16-7?;. The second kappa shape index (κ2) is 13.7. The Kier molecular flexibility index (Phi) is 11.2. The number of aromatic hydroxyl groups is 1. The first-order valence-electron chi connectivity index (χ1n) is 8.67. The van der Waals surface area contributed by atoms with Crippen molar-refractivity contribution < 1.29 is 24.2 Å². The zero-order valence-electron chi connectivity index (χ0n) is 16.6. The van der Waals surface area contributed by atoms with E-state index in [9.17, 15) is 9.59 Å². The molecule has 2 heterocycles. The molecule has 0 unspecified atom stereocenters. The van der Waals surface area contributed by atoms with E-state index in [0.29, 0.717) is 36.0 Å². The Bertz CT molecular complexity index is 903. The maximum atomic E-state index is 10.9. The quantitative estimate of drug-likeness (QED) is 0.279. The molecule has 30 heavy (non-hydrogen) atoms. The molecule has 0 spiro atoms. The van der Waals surface area contributed by atoms with Gasteiger partial charge in [-0.3, -0.25) is 19.6 Å². The number of nitrogens with two attached hydrogens (primary N) is 1. The summed E-state index contributed by atoms with van der Waals surface area (Å²) in [6, 6.07) is 5.03. The number of carbonyl (C=O) groups is 2. The summed E-state index contributed by atoms with van der Waals surface area (Å²) >= 11 is 5.80. The summed E-state index contributed by atoms with van der Waals surface area (Å²) in [6.07, 6.45) is 6.79. The number of allylic oxidation sites excluding steroid dienone is 1. The fourth-order valence-electron chi connectivity index (χ4n) is 2.00. The minimum Gasteiger partial charge on any atom is -0.506 e. The smallest absolute Gasteiger partial charge is 0.307 e. The van der Waals surface area contributed by atoms with E-state index in [4.69, 9.17) is 27.2 Å². The van der Waals surface area contributed by atoms with Crippen LogP contribution >= 0.6 is 11.6 Å². The molecule has 2 aromatic heterocycles. The van der Waals surface area contributed by atoms with Crippen molar-refractivity contribution >= 4 is 35.8 Å². The third kappa shape index (κ3) is 8.27. The Balaban J connectivity index is 0.000000346. The number of carbonyl (C=O) groups excluding carboxylic acids is 2. The number of pyridine rings is 2. The predicted molar refractivity (Wildman–Crippen MR) is 114 cm³/mol. The minimum absolute atomic E-state index is 0.138. The average molecular weight is 435 g/mol. The monoisotopic (exact) mass is 434 g/mol.